The second-order valence-electron chi connectivity index (χ2n) is 7.11. The third-order valence-electron chi connectivity index (χ3n) is 5.02. The van der Waals surface area contributed by atoms with Crippen molar-refractivity contribution in [1.82, 2.24) is 19.2 Å². The zero-order valence-corrected chi connectivity index (χ0v) is 19.3. The van der Waals surface area contributed by atoms with E-state index < -0.39 is 34.5 Å². The van der Waals surface area contributed by atoms with Crippen molar-refractivity contribution in [2.24, 2.45) is 0 Å². The number of rotatable bonds is 6. The predicted molar refractivity (Wildman–Crippen MR) is 121 cm³/mol. The molecule has 3 aromatic heterocycles. The number of aromatic amines is 1. The van der Waals surface area contributed by atoms with Gasteiger partial charge in [0.25, 0.3) is 0 Å². The summed E-state index contributed by atoms with van der Waals surface area (Å²) in [5.41, 5.74) is 1.61. The van der Waals surface area contributed by atoms with Crippen molar-refractivity contribution in [3.8, 4) is 0 Å². The molecule has 1 unspecified atom stereocenters. The van der Waals surface area contributed by atoms with Gasteiger partial charge >= 0.3 is 5.97 Å². The number of halogens is 1. The summed E-state index contributed by atoms with van der Waals surface area (Å²) in [5, 5.41) is 1.86. The molecule has 1 saturated heterocycles. The molecule has 4 rings (SSSR count). The molecule has 1 aliphatic rings. The average Bonchev–Trinajstić information content (AvgIpc) is 3.38. The van der Waals surface area contributed by atoms with Gasteiger partial charge in [0.05, 0.1) is 24.5 Å². The molecule has 1 aliphatic heterocycles. The van der Waals surface area contributed by atoms with Crippen LogP contribution in [0, 0.1) is 0 Å². The minimum absolute atomic E-state index is 0.128. The van der Waals surface area contributed by atoms with Crippen LogP contribution in [0.1, 0.15) is 10.6 Å². The van der Waals surface area contributed by atoms with E-state index in [1.807, 2.05) is 12.1 Å². The molecule has 1 amide bonds. The zero-order valence-electron chi connectivity index (χ0n) is 16.9. The molecule has 0 bridgehead atoms. The van der Waals surface area contributed by atoms with Crippen LogP contribution in [-0.2, 0) is 30.9 Å². The molecular formula is C20H19ClN4O5S2. The summed E-state index contributed by atoms with van der Waals surface area (Å²) in [6.45, 7) is -0.408. The lowest BCUT2D eigenvalue weighted by Crippen LogP contribution is -2.60. The number of carbonyl (C=O) groups is 2. The molecule has 0 aliphatic carbocycles. The highest BCUT2D eigenvalue weighted by Gasteiger charge is 2.42. The third kappa shape index (κ3) is 4.70. The molecule has 1 N–H and O–H groups in total. The summed E-state index contributed by atoms with van der Waals surface area (Å²) in [7, 11) is -2.89. The van der Waals surface area contributed by atoms with Gasteiger partial charge in [0.15, 0.2) is 0 Å². The lowest BCUT2D eigenvalue weighted by atomic mass is 10.2. The highest BCUT2D eigenvalue weighted by atomic mass is 35.5. The molecule has 32 heavy (non-hydrogen) atoms. The van der Waals surface area contributed by atoms with E-state index in [1.165, 1.54) is 29.4 Å². The number of ether oxygens (including phenoxy) is 1. The van der Waals surface area contributed by atoms with Crippen molar-refractivity contribution in [3.05, 3.63) is 57.0 Å². The van der Waals surface area contributed by atoms with Crippen molar-refractivity contribution in [1.29, 1.82) is 0 Å². The van der Waals surface area contributed by atoms with E-state index in [-0.39, 0.29) is 13.1 Å². The van der Waals surface area contributed by atoms with Crippen LogP contribution in [0.5, 0.6) is 0 Å². The van der Waals surface area contributed by atoms with Crippen LogP contribution in [0.3, 0.4) is 0 Å². The quantitative estimate of drug-likeness (QED) is 0.527. The number of H-pyrrole nitrogens is 1. The molecule has 12 heteroatoms. The Hall–Kier alpha value is -2.73. The topological polar surface area (TPSA) is 113 Å². The Labute approximate surface area is 193 Å². The number of nitrogens with one attached hydrogen (secondary N) is 1. The second-order valence-corrected chi connectivity index (χ2v) is 10.6. The van der Waals surface area contributed by atoms with Crippen LogP contribution in [0.4, 0.5) is 0 Å². The maximum Gasteiger partial charge on any atom is 0.326 e. The summed E-state index contributed by atoms with van der Waals surface area (Å²) in [6.07, 6.45) is 4.74. The standard InChI is InChI=1S/C20H19ClN4O5S2/c1-30-20(27)17-11-24(10-14-8-13-9-22-6-4-16(13)23-14)19(26)12-25(17)32(28,29)7-5-15-2-3-18(21)31-15/h2-9,17,23H,10-12H2,1H3/b7-5+. The molecule has 1 fully saturated rings. The Morgan fingerprint density at radius 3 is 2.91 bits per heavy atom. The van der Waals surface area contributed by atoms with Gasteiger partial charge in [-0.05, 0) is 30.3 Å². The number of esters is 1. The zero-order chi connectivity index (χ0) is 22.9. The maximum absolute atomic E-state index is 12.9. The molecule has 168 valence electrons. The van der Waals surface area contributed by atoms with Gasteiger partial charge in [-0.2, -0.15) is 4.31 Å². The van der Waals surface area contributed by atoms with Crippen molar-refractivity contribution in [2.75, 3.05) is 20.2 Å². The smallest absolute Gasteiger partial charge is 0.326 e. The number of hydrogen-bond donors (Lipinski definition) is 1. The normalized spacial score (nSPS) is 18.0. The van der Waals surface area contributed by atoms with E-state index in [1.54, 1.807) is 24.5 Å². The fraction of sp³-hybridized carbons (Fsp3) is 0.250. The van der Waals surface area contributed by atoms with Crippen molar-refractivity contribution >= 4 is 61.8 Å². The molecule has 3 aromatic rings. The summed E-state index contributed by atoms with van der Waals surface area (Å²) in [5.74, 6) is -1.16. The Morgan fingerprint density at radius 2 is 2.22 bits per heavy atom. The van der Waals surface area contributed by atoms with Crippen LogP contribution in [-0.4, -0.2) is 65.7 Å². The van der Waals surface area contributed by atoms with Crippen molar-refractivity contribution < 1.29 is 22.7 Å². The van der Waals surface area contributed by atoms with Crippen LogP contribution < -0.4 is 0 Å². The number of nitrogens with zero attached hydrogens (tertiary/aromatic N) is 3. The minimum Gasteiger partial charge on any atom is -0.468 e. The average molecular weight is 495 g/mol. The number of fused-ring (bicyclic) bond motifs is 1. The third-order valence-corrected chi connectivity index (χ3v) is 7.73. The summed E-state index contributed by atoms with van der Waals surface area (Å²) in [4.78, 5) is 34.6. The monoisotopic (exact) mass is 494 g/mol. The number of sulfonamides is 1. The lowest BCUT2D eigenvalue weighted by molar-refractivity contribution is -0.151. The number of piperazine rings is 1. The molecular weight excluding hydrogens is 476 g/mol. The van der Waals surface area contributed by atoms with Crippen LogP contribution in [0.15, 0.2) is 42.1 Å². The van der Waals surface area contributed by atoms with Gasteiger partial charge in [-0.1, -0.05) is 11.6 Å². The molecule has 0 aromatic carbocycles. The lowest BCUT2D eigenvalue weighted by Gasteiger charge is -2.37. The molecule has 9 nitrogen and oxygen atoms in total. The van der Waals surface area contributed by atoms with E-state index >= 15 is 0 Å². The maximum atomic E-state index is 12.9. The van der Waals surface area contributed by atoms with E-state index in [0.717, 1.165) is 26.3 Å². The van der Waals surface area contributed by atoms with Crippen LogP contribution in [0.2, 0.25) is 4.34 Å². The fourth-order valence-corrected chi connectivity index (χ4v) is 5.79. The van der Waals surface area contributed by atoms with Gasteiger partial charge in [0, 0.05) is 45.8 Å². The number of pyridine rings is 1. The predicted octanol–water partition coefficient (Wildman–Crippen LogP) is 2.46. The fourth-order valence-electron chi connectivity index (χ4n) is 3.47. The Bertz CT molecular complexity index is 1270. The number of carbonyl (C=O) groups excluding carboxylic acids is 2. The molecule has 0 spiro atoms. The van der Waals surface area contributed by atoms with Gasteiger partial charge in [-0.25, -0.2) is 8.42 Å². The summed E-state index contributed by atoms with van der Waals surface area (Å²) >= 11 is 7.09. The number of amides is 1. The van der Waals surface area contributed by atoms with E-state index in [9.17, 15) is 18.0 Å². The van der Waals surface area contributed by atoms with Gasteiger partial charge in [0.2, 0.25) is 15.9 Å². The van der Waals surface area contributed by atoms with E-state index in [4.69, 9.17) is 16.3 Å². The summed E-state index contributed by atoms with van der Waals surface area (Å²) in [6, 6.07) is 5.84. The molecule has 4 heterocycles. The van der Waals surface area contributed by atoms with E-state index in [2.05, 4.69) is 9.97 Å². The van der Waals surface area contributed by atoms with Crippen molar-refractivity contribution in [2.45, 2.75) is 12.6 Å². The Kier molecular flexibility index (Phi) is 6.33. The first-order chi connectivity index (χ1) is 15.3. The van der Waals surface area contributed by atoms with Gasteiger partial charge in [-0.3, -0.25) is 14.6 Å². The Morgan fingerprint density at radius 1 is 1.41 bits per heavy atom. The van der Waals surface area contributed by atoms with Crippen molar-refractivity contribution in [3.63, 3.8) is 0 Å². The first-order valence-corrected chi connectivity index (χ1v) is 12.2. The number of hydrogen-bond acceptors (Lipinski definition) is 7. The number of thiophene rings is 1. The first-order valence-electron chi connectivity index (χ1n) is 9.49. The molecule has 0 saturated carbocycles. The molecule has 1 atom stereocenters. The first kappa shape index (κ1) is 22.5. The largest absolute Gasteiger partial charge is 0.468 e. The van der Waals surface area contributed by atoms with Gasteiger partial charge in [-0.15, -0.1) is 11.3 Å². The van der Waals surface area contributed by atoms with E-state index in [0.29, 0.717) is 9.21 Å². The SMILES string of the molecule is COC(=O)C1CN(Cc2cc3cnccc3[nH]2)C(=O)CN1S(=O)(=O)/C=C/c1ccc(Cl)s1. The highest BCUT2D eigenvalue weighted by molar-refractivity contribution is 7.92. The van der Waals surface area contributed by atoms with Gasteiger partial charge < -0.3 is 14.6 Å². The second kappa shape index (κ2) is 9.02. The summed E-state index contributed by atoms with van der Waals surface area (Å²) < 4.78 is 32.1. The Balaban J connectivity index is 1.56. The number of aromatic nitrogens is 2. The molecule has 0 radical (unpaired) electrons. The number of methoxy groups -OCH3 is 1. The highest BCUT2D eigenvalue weighted by Crippen LogP contribution is 2.25. The minimum atomic E-state index is -4.07. The van der Waals surface area contributed by atoms with Crippen LogP contribution >= 0.6 is 22.9 Å². The van der Waals surface area contributed by atoms with Gasteiger partial charge in [0.1, 0.15) is 6.04 Å². The van der Waals surface area contributed by atoms with Crippen LogP contribution in [0.25, 0.3) is 17.0 Å².